The van der Waals surface area contributed by atoms with Gasteiger partial charge in [0, 0.05) is 12.5 Å². The van der Waals surface area contributed by atoms with Crippen LogP contribution in [0.15, 0.2) is 12.1 Å². The predicted molar refractivity (Wildman–Crippen MR) is 65.9 cm³/mol. The normalized spacial score (nSPS) is 9.95. The Kier molecular flexibility index (Phi) is 5.25. The number of carboxylic acid groups (broad SMARTS) is 1. The molecule has 7 nitrogen and oxygen atoms in total. The maximum atomic E-state index is 10.8. The lowest BCUT2D eigenvalue weighted by molar-refractivity contribution is -0.385. The third-order valence-electron chi connectivity index (χ3n) is 2.23. The molecule has 1 rings (SSSR count). The number of aliphatic carboxylic acids is 1. The molecule has 0 aliphatic rings. The second-order valence-electron chi connectivity index (χ2n) is 3.53. The predicted octanol–water partition coefficient (Wildman–Crippen LogP) is 2.30. The summed E-state index contributed by atoms with van der Waals surface area (Å²) >= 11 is 5.82. The van der Waals surface area contributed by atoms with E-state index in [-0.39, 0.29) is 42.1 Å². The zero-order chi connectivity index (χ0) is 14.4. The van der Waals surface area contributed by atoms with E-state index in [2.05, 4.69) is 0 Å². The van der Waals surface area contributed by atoms with E-state index in [4.69, 9.17) is 21.4 Å². The maximum Gasteiger partial charge on any atom is 0.303 e. The average Bonchev–Trinajstić information content (AvgIpc) is 2.35. The summed E-state index contributed by atoms with van der Waals surface area (Å²) in [5, 5.41) is 19.0. The van der Waals surface area contributed by atoms with Gasteiger partial charge in [0.25, 0.3) is 5.69 Å². The first kappa shape index (κ1) is 14.9. The van der Waals surface area contributed by atoms with E-state index < -0.39 is 16.6 Å². The molecule has 0 heterocycles. The molecule has 0 saturated heterocycles. The molecule has 0 aliphatic heterocycles. The van der Waals surface area contributed by atoms with E-state index in [0.717, 1.165) is 6.07 Å². The largest absolute Gasteiger partial charge is 0.492 e. The number of carbonyl (C=O) groups is 2. The summed E-state index contributed by atoms with van der Waals surface area (Å²) in [5.41, 5.74) is -0.666. The van der Waals surface area contributed by atoms with Crippen LogP contribution in [-0.2, 0) is 4.79 Å². The van der Waals surface area contributed by atoms with Gasteiger partial charge in [0.1, 0.15) is 16.3 Å². The Balaban J connectivity index is 2.83. The van der Waals surface area contributed by atoms with Gasteiger partial charge in [-0.1, -0.05) is 11.6 Å². The highest BCUT2D eigenvalue weighted by Gasteiger charge is 2.20. The van der Waals surface area contributed by atoms with Crippen molar-refractivity contribution in [3.05, 3.63) is 32.8 Å². The number of carboxylic acids is 1. The molecule has 0 atom stereocenters. The fourth-order valence-electron chi connectivity index (χ4n) is 1.35. The molecule has 0 radical (unpaired) electrons. The summed E-state index contributed by atoms with van der Waals surface area (Å²) in [7, 11) is 0. The van der Waals surface area contributed by atoms with Crippen LogP contribution >= 0.6 is 11.6 Å². The number of hydrogen-bond acceptors (Lipinski definition) is 5. The molecule has 0 aromatic heterocycles. The van der Waals surface area contributed by atoms with Gasteiger partial charge in [0.15, 0.2) is 6.29 Å². The maximum absolute atomic E-state index is 10.8. The molecule has 0 fully saturated rings. The number of nitro benzene ring substituents is 1. The molecular formula is C11H10ClNO6. The Morgan fingerprint density at radius 3 is 2.74 bits per heavy atom. The molecule has 0 aliphatic carbocycles. The quantitative estimate of drug-likeness (QED) is 0.357. The molecule has 0 saturated carbocycles. The first-order valence-corrected chi connectivity index (χ1v) is 5.61. The third-order valence-corrected chi connectivity index (χ3v) is 2.62. The van der Waals surface area contributed by atoms with Crippen LogP contribution in [-0.4, -0.2) is 28.9 Å². The first-order chi connectivity index (χ1) is 8.97. The van der Waals surface area contributed by atoms with Crippen molar-refractivity contribution < 1.29 is 24.4 Å². The minimum absolute atomic E-state index is 0.0643. The van der Waals surface area contributed by atoms with Crippen molar-refractivity contribution >= 4 is 29.5 Å². The Hall–Kier alpha value is -2.15. The van der Waals surface area contributed by atoms with Crippen LogP contribution in [0.25, 0.3) is 0 Å². The first-order valence-electron chi connectivity index (χ1n) is 5.24. The highest BCUT2D eigenvalue weighted by Crippen LogP contribution is 2.33. The number of nitrogens with zero attached hydrogens (tertiary/aromatic N) is 1. The average molecular weight is 288 g/mol. The molecule has 1 aromatic rings. The van der Waals surface area contributed by atoms with Gasteiger partial charge in [-0.3, -0.25) is 19.7 Å². The number of halogens is 1. The number of nitro groups is 1. The zero-order valence-electron chi connectivity index (χ0n) is 9.67. The summed E-state index contributed by atoms with van der Waals surface area (Å²) in [6.07, 6.45) is 0.481. The standard InChI is InChI=1S/C11H10ClNO6/c12-11-7(6-14)8(13(17)18)3-4-9(11)19-5-1-2-10(15)16/h3-4,6H,1-2,5H2,(H,15,16). The summed E-state index contributed by atoms with van der Waals surface area (Å²) in [4.78, 5) is 31.0. The lowest BCUT2D eigenvalue weighted by Crippen LogP contribution is -2.04. The SMILES string of the molecule is O=Cc1c([N+](=O)[O-])ccc(OCCCC(=O)O)c1Cl. The van der Waals surface area contributed by atoms with Crippen molar-refractivity contribution in [3.8, 4) is 5.75 Å². The fraction of sp³-hybridized carbons (Fsp3) is 0.273. The van der Waals surface area contributed by atoms with Crippen LogP contribution in [0.3, 0.4) is 0 Å². The van der Waals surface area contributed by atoms with Crippen molar-refractivity contribution in [2.45, 2.75) is 12.8 Å². The second kappa shape index (κ2) is 6.69. The fourth-order valence-corrected chi connectivity index (χ4v) is 1.61. The molecule has 1 N–H and O–H groups in total. The molecule has 0 unspecified atom stereocenters. The van der Waals surface area contributed by atoms with Gasteiger partial charge in [0.05, 0.1) is 11.5 Å². The Morgan fingerprint density at radius 2 is 2.21 bits per heavy atom. The van der Waals surface area contributed by atoms with Crippen LogP contribution in [0.2, 0.25) is 5.02 Å². The molecule has 1 aromatic carbocycles. The lowest BCUT2D eigenvalue weighted by atomic mass is 10.2. The molecule has 8 heteroatoms. The number of aldehydes is 1. The highest BCUT2D eigenvalue weighted by atomic mass is 35.5. The van der Waals surface area contributed by atoms with Gasteiger partial charge in [-0.25, -0.2) is 0 Å². The smallest absolute Gasteiger partial charge is 0.303 e. The van der Waals surface area contributed by atoms with Crippen LogP contribution < -0.4 is 4.74 Å². The number of hydrogen-bond donors (Lipinski definition) is 1. The van der Waals surface area contributed by atoms with Crippen LogP contribution in [0.4, 0.5) is 5.69 Å². The van der Waals surface area contributed by atoms with E-state index in [9.17, 15) is 19.7 Å². The van der Waals surface area contributed by atoms with Gasteiger partial charge < -0.3 is 9.84 Å². The Labute approximate surface area is 112 Å². The van der Waals surface area contributed by atoms with E-state index in [1.165, 1.54) is 6.07 Å². The van der Waals surface area contributed by atoms with Gasteiger partial charge in [0.2, 0.25) is 0 Å². The van der Waals surface area contributed by atoms with E-state index >= 15 is 0 Å². The molecule has 102 valence electrons. The minimum Gasteiger partial charge on any atom is -0.492 e. The molecule has 0 bridgehead atoms. The van der Waals surface area contributed by atoms with Crippen molar-refractivity contribution in [3.63, 3.8) is 0 Å². The number of carbonyl (C=O) groups excluding carboxylic acids is 1. The minimum atomic E-state index is -0.952. The van der Waals surface area contributed by atoms with Crippen molar-refractivity contribution in [2.75, 3.05) is 6.61 Å². The van der Waals surface area contributed by atoms with Crippen molar-refractivity contribution in [1.29, 1.82) is 0 Å². The summed E-state index contributed by atoms with van der Waals surface area (Å²) in [6.45, 7) is 0.0854. The van der Waals surface area contributed by atoms with Crippen LogP contribution in [0.1, 0.15) is 23.2 Å². The molecule has 0 amide bonds. The lowest BCUT2D eigenvalue weighted by Gasteiger charge is -2.08. The van der Waals surface area contributed by atoms with Crippen molar-refractivity contribution in [2.24, 2.45) is 0 Å². The van der Waals surface area contributed by atoms with Gasteiger partial charge in [-0.05, 0) is 12.5 Å². The molecule has 19 heavy (non-hydrogen) atoms. The highest BCUT2D eigenvalue weighted by molar-refractivity contribution is 6.34. The van der Waals surface area contributed by atoms with Gasteiger partial charge in [-0.2, -0.15) is 0 Å². The summed E-state index contributed by atoms with van der Waals surface area (Å²) in [6, 6.07) is 2.39. The van der Waals surface area contributed by atoms with E-state index in [1.807, 2.05) is 0 Å². The molecular weight excluding hydrogens is 278 g/mol. The Morgan fingerprint density at radius 1 is 1.53 bits per heavy atom. The zero-order valence-corrected chi connectivity index (χ0v) is 10.4. The van der Waals surface area contributed by atoms with E-state index in [0.29, 0.717) is 0 Å². The molecule has 0 spiro atoms. The number of ether oxygens (including phenoxy) is 1. The number of benzene rings is 1. The van der Waals surface area contributed by atoms with Crippen molar-refractivity contribution in [1.82, 2.24) is 0 Å². The monoisotopic (exact) mass is 287 g/mol. The summed E-state index contributed by atoms with van der Waals surface area (Å²) in [5.74, 6) is -0.841. The second-order valence-corrected chi connectivity index (χ2v) is 3.91. The third kappa shape index (κ3) is 3.92. The summed E-state index contributed by atoms with van der Waals surface area (Å²) < 4.78 is 5.19. The Bertz CT molecular complexity index is 516. The van der Waals surface area contributed by atoms with Gasteiger partial charge in [-0.15, -0.1) is 0 Å². The number of rotatable bonds is 7. The van der Waals surface area contributed by atoms with Crippen LogP contribution in [0.5, 0.6) is 5.75 Å². The van der Waals surface area contributed by atoms with E-state index in [1.54, 1.807) is 0 Å². The van der Waals surface area contributed by atoms with Gasteiger partial charge >= 0.3 is 5.97 Å². The topological polar surface area (TPSA) is 107 Å². The van der Waals surface area contributed by atoms with Crippen LogP contribution in [0, 0.1) is 10.1 Å².